The lowest BCUT2D eigenvalue weighted by Gasteiger charge is -2.20. The summed E-state index contributed by atoms with van der Waals surface area (Å²) in [6.07, 6.45) is 0. The fraction of sp³-hybridized carbons (Fsp3) is 0.750. The molecule has 0 fully saturated rings. The second kappa shape index (κ2) is 5.46. The Labute approximate surface area is 107 Å². The van der Waals surface area contributed by atoms with Gasteiger partial charge in [0.05, 0.1) is 12.0 Å². The van der Waals surface area contributed by atoms with Gasteiger partial charge in [-0.2, -0.15) is 9.64 Å². The summed E-state index contributed by atoms with van der Waals surface area (Å²) in [6.45, 7) is 11.9. The van der Waals surface area contributed by atoms with Gasteiger partial charge < -0.3 is 4.90 Å². The lowest BCUT2D eigenvalue weighted by Crippen LogP contribution is -2.27. The number of hydrogen-bond donors (Lipinski definition) is 0. The summed E-state index contributed by atoms with van der Waals surface area (Å²) in [5.74, 6) is 0.887. The van der Waals surface area contributed by atoms with E-state index in [9.17, 15) is 0 Å². The predicted octanol–water partition coefficient (Wildman–Crippen LogP) is 2.82. The minimum atomic E-state index is -0.0188. The molecule has 94 valence electrons. The van der Waals surface area contributed by atoms with Gasteiger partial charge in [-0.1, -0.05) is 20.8 Å². The highest BCUT2D eigenvalue weighted by Crippen LogP contribution is 2.25. The first kappa shape index (κ1) is 13.9. The maximum absolute atomic E-state index is 8.85. The third-order valence-corrected chi connectivity index (χ3v) is 3.23. The first-order valence-corrected chi connectivity index (χ1v) is 6.64. The number of nitrogens with zero attached hydrogens (tertiary/aromatic N) is 4. The van der Waals surface area contributed by atoms with Crippen LogP contribution in [0.1, 0.15) is 40.4 Å². The predicted molar refractivity (Wildman–Crippen MR) is 71.3 cm³/mol. The van der Waals surface area contributed by atoms with Gasteiger partial charge in [-0.15, -0.1) is 0 Å². The minimum absolute atomic E-state index is 0.0111. The van der Waals surface area contributed by atoms with Gasteiger partial charge in [0, 0.05) is 30.0 Å². The smallest absolute Gasteiger partial charge is 0.205 e. The standard InChI is InChI=1S/C12H20N4S/c1-6-16(8-9(2)7-13)11-14-10(15-17-11)12(3,4)5/h9H,6,8H2,1-5H3. The van der Waals surface area contributed by atoms with Crippen LogP contribution >= 0.6 is 11.5 Å². The SMILES string of the molecule is CCN(CC(C)C#N)c1nc(C(C)(C)C)ns1. The van der Waals surface area contributed by atoms with E-state index in [0.29, 0.717) is 6.54 Å². The summed E-state index contributed by atoms with van der Waals surface area (Å²) in [6, 6.07) is 2.25. The molecule has 4 nitrogen and oxygen atoms in total. The lowest BCUT2D eigenvalue weighted by molar-refractivity contribution is 0.553. The van der Waals surface area contributed by atoms with Crippen LogP contribution in [0.3, 0.4) is 0 Å². The van der Waals surface area contributed by atoms with Crippen LogP contribution in [0, 0.1) is 17.2 Å². The molecule has 0 bridgehead atoms. The van der Waals surface area contributed by atoms with Gasteiger partial charge in [-0.25, -0.2) is 4.98 Å². The lowest BCUT2D eigenvalue weighted by atomic mass is 9.96. The Bertz CT molecular complexity index is 399. The molecular weight excluding hydrogens is 232 g/mol. The molecule has 0 aliphatic carbocycles. The Balaban J connectivity index is 2.84. The Morgan fingerprint density at radius 2 is 2.12 bits per heavy atom. The molecule has 0 aliphatic heterocycles. The van der Waals surface area contributed by atoms with Crippen LogP contribution in [0.2, 0.25) is 0 Å². The second-order valence-corrected chi connectivity index (χ2v) is 5.95. The van der Waals surface area contributed by atoms with Gasteiger partial charge >= 0.3 is 0 Å². The van der Waals surface area contributed by atoms with Crippen molar-refractivity contribution in [3.8, 4) is 6.07 Å². The average molecular weight is 252 g/mol. The van der Waals surface area contributed by atoms with Gasteiger partial charge in [-0.3, -0.25) is 0 Å². The van der Waals surface area contributed by atoms with Crippen LogP contribution in [-0.2, 0) is 5.41 Å². The zero-order chi connectivity index (χ0) is 13.1. The van der Waals surface area contributed by atoms with E-state index in [0.717, 1.165) is 17.5 Å². The minimum Gasteiger partial charge on any atom is -0.346 e. The van der Waals surface area contributed by atoms with E-state index in [2.05, 4.69) is 48.0 Å². The highest BCUT2D eigenvalue weighted by atomic mass is 32.1. The van der Waals surface area contributed by atoms with Gasteiger partial charge in [0.15, 0.2) is 0 Å². The van der Waals surface area contributed by atoms with Crippen LogP contribution in [0.25, 0.3) is 0 Å². The largest absolute Gasteiger partial charge is 0.346 e. The van der Waals surface area contributed by atoms with Crippen molar-refractivity contribution in [3.63, 3.8) is 0 Å². The molecule has 0 N–H and O–H groups in total. The normalized spacial score (nSPS) is 13.2. The molecule has 1 aromatic heterocycles. The van der Waals surface area contributed by atoms with Crippen LogP contribution in [0.15, 0.2) is 0 Å². The van der Waals surface area contributed by atoms with Crippen LogP contribution in [0.5, 0.6) is 0 Å². The number of hydrogen-bond acceptors (Lipinski definition) is 5. The van der Waals surface area contributed by atoms with Crippen molar-refractivity contribution in [2.45, 2.75) is 40.0 Å². The molecule has 1 rings (SSSR count). The fourth-order valence-corrected chi connectivity index (χ4v) is 2.29. The van der Waals surface area contributed by atoms with E-state index in [1.165, 1.54) is 11.5 Å². The van der Waals surface area contributed by atoms with Crippen molar-refractivity contribution in [1.29, 1.82) is 5.26 Å². The van der Waals surface area contributed by atoms with Crippen LogP contribution < -0.4 is 4.90 Å². The zero-order valence-corrected chi connectivity index (χ0v) is 12.0. The van der Waals surface area contributed by atoms with Crippen molar-refractivity contribution < 1.29 is 0 Å². The number of rotatable bonds is 4. The molecule has 0 saturated heterocycles. The fourth-order valence-electron chi connectivity index (χ4n) is 1.36. The van der Waals surface area contributed by atoms with Crippen molar-refractivity contribution in [2.75, 3.05) is 18.0 Å². The molecule has 1 atom stereocenters. The van der Waals surface area contributed by atoms with Crippen molar-refractivity contribution in [2.24, 2.45) is 5.92 Å². The van der Waals surface area contributed by atoms with Crippen LogP contribution in [0.4, 0.5) is 5.13 Å². The molecule has 1 heterocycles. The summed E-state index contributed by atoms with van der Waals surface area (Å²) in [7, 11) is 0. The Morgan fingerprint density at radius 1 is 1.47 bits per heavy atom. The second-order valence-electron chi connectivity index (χ2n) is 5.22. The molecule has 5 heteroatoms. The third-order valence-electron chi connectivity index (χ3n) is 2.45. The van der Waals surface area contributed by atoms with Gasteiger partial charge in [-0.05, 0) is 13.8 Å². The van der Waals surface area contributed by atoms with E-state index in [4.69, 9.17) is 5.26 Å². The molecular formula is C12H20N4S. The summed E-state index contributed by atoms with van der Waals surface area (Å²) in [4.78, 5) is 6.68. The van der Waals surface area contributed by atoms with Gasteiger partial charge in [0.25, 0.3) is 0 Å². The first-order chi connectivity index (χ1) is 7.88. The Kier molecular flexibility index (Phi) is 4.47. The van der Waals surface area contributed by atoms with E-state index < -0.39 is 0 Å². The molecule has 0 amide bonds. The van der Waals surface area contributed by atoms with Crippen LogP contribution in [-0.4, -0.2) is 22.4 Å². The van der Waals surface area contributed by atoms with Crippen molar-refractivity contribution in [3.05, 3.63) is 5.82 Å². The Hall–Kier alpha value is -1.15. The third kappa shape index (κ3) is 3.67. The summed E-state index contributed by atoms with van der Waals surface area (Å²) < 4.78 is 4.40. The Morgan fingerprint density at radius 3 is 2.53 bits per heavy atom. The number of nitriles is 1. The topological polar surface area (TPSA) is 52.8 Å². The highest BCUT2D eigenvalue weighted by Gasteiger charge is 2.21. The molecule has 0 radical (unpaired) electrons. The molecule has 0 aliphatic rings. The quantitative estimate of drug-likeness (QED) is 0.827. The first-order valence-electron chi connectivity index (χ1n) is 5.87. The van der Waals surface area contributed by atoms with Gasteiger partial charge in [0.2, 0.25) is 5.13 Å². The molecule has 0 spiro atoms. The number of anilines is 1. The van der Waals surface area contributed by atoms with E-state index >= 15 is 0 Å². The van der Waals surface area contributed by atoms with E-state index in [1.807, 2.05) is 6.92 Å². The number of aromatic nitrogens is 2. The summed E-state index contributed by atoms with van der Waals surface area (Å²) in [5.41, 5.74) is -0.0188. The van der Waals surface area contributed by atoms with E-state index in [-0.39, 0.29) is 11.3 Å². The van der Waals surface area contributed by atoms with Gasteiger partial charge in [0.1, 0.15) is 5.82 Å². The van der Waals surface area contributed by atoms with Crippen molar-refractivity contribution in [1.82, 2.24) is 9.36 Å². The molecule has 0 saturated carbocycles. The summed E-state index contributed by atoms with van der Waals surface area (Å²) in [5, 5.41) is 9.77. The average Bonchev–Trinajstić information content (AvgIpc) is 2.74. The molecule has 1 aromatic rings. The highest BCUT2D eigenvalue weighted by molar-refractivity contribution is 7.09. The molecule has 1 unspecified atom stereocenters. The molecule has 17 heavy (non-hydrogen) atoms. The maximum atomic E-state index is 8.85. The zero-order valence-electron chi connectivity index (χ0n) is 11.2. The summed E-state index contributed by atoms with van der Waals surface area (Å²) >= 11 is 1.42. The van der Waals surface area contributed by atoms with Crippen molar-refractivity contribution >= 4 is 16.7 Å². The maximum Gasteiger partial charge on any atom is 0.205 e. The monoisotopic (exact) mass is 252 g/mol. The molecule has 0 aromatic carbocycles. The van der Waals surface area contributed by atoms with E-state index in [1.54, 1.807) is 0 Å².